The van der Waals surface area contributed by atoms with Crippen molar-refractivity contribution in [1.29, 1.82) is 0 Å². The molecule has 1 atom stereocenters. The number of esters is 1. The Morgan fingerprint density at radius 2 is 2.17 bits per heavy atom. The van der Waals surface area contributed by atoms with Crippen LogP contribution in [-0.4, -0.2) is 24.2 Å². The number of aromatic nitrogens is 1. The number of rotatable bonds is 6. The van der Waals surface area contributed by atoms with Gasteiger partial charge < -0.3 is 14.5 Å². The van der Waals surface area contributed by atoms with E-state index in [2.05, 4.69) is 37.0 Å². The number of benzene rings is 1. The molecular weight excluding hydrogens is 302 g/mol. The Labute approximate surface area is 143 Å². The summed E-state index contributed by atoms with van der Waals surface area (Å²) in [6.07, 6.45) is 3.91. The lowest BCUT2D eigenvalue weighted by molar-refractivity contribution is -0.155. The average molecular weight is 329 g/mol. The third-order valence-electron chi connectivity index (χ3n) is 4.98. The number of hydrogen-bond acceptors (Lipinski definition) is 3. The van der Waals surface area contributed by atoms with Gasteiger partial charge in [0.05, 0.1) is 25.3 Å². The minimum Gasteiger partial charge on any atom is -0.466 e. The summed E-state index contributed by atoms with van der Waals surface area (Å²) in [4.78, 5) is 15.8. The molecule has 1 aliphatic rings. The molecule has 0 amide bonds. The third-order valence-corrected chi connectivity index (χ3v) is 4.98. The van der Waals surface area contributed by atoms with E-state index < -0.39 is 5.60 Å². The maximum Gasteiger partial charge on any atom is 0.309 e. The van der Waals surface area contributed by atoms with Crippen molar-refractivity contribution in [3.8, 4) is 0 Å². The van der Waals surface area contributed by atoms with Crippen LogP contribution in [0.5, 0.6) is 0 Å². The molecule has 4 nitrogen and oxygen atoms in total. The summed E-state index contributed by atoms with van der Waals surface area (Å²) < 4.78 is 11.4. The van der Waals surface area contributed by atoms with Gasteiger partial charge in [0, 0.05) is 10.9 Å². The summed E-state index contributed by atoms with van der Waals surface area (Å²) in [5, 5.41) is 1.27. The predicted molar refractivity (Wildman–Crippen MR) is 95.2 cm³/mol. The number of hydrogen-bond donors (Lipinski definition) is 1. The van der Waals surface area contributed by atoms with E-state index >= 15 is 0 Å². The van der Waals surface area contributed by atoms with Crippen molar-refractivity contribution in [1.82, 2.24) is 4.98 Å². The third kappa shape index (κ3) is 2.84. The van der Waals surface area contributed by atoms with Crippen LogP contribution in [0.3, 0.4) is 0 Å². The Morgan fingerprint density at radius 3 is 2.88 bits per heavy atom. The molecule has 3 rings (SSSR count). The van der Waals surface area contributed by atoms with Gasteiger partial charge >= 0.3 is 5.97 Å². The Hall–Kier alpha value is -1.81. The van der Waals surface area contributed by atoms with Crippen molar-refractivity contribution in [2.45, 2.75) is 58.5 Å². The van der Waals surface area contributed by atoms with Gasteiger partial charge in [0.1, 0.15) is 5.60 Å². The molecule has 2 aromatic rings. The minimum absolute atomic E-state index is 0.187. The monoisotopic (exact) mass is 329 g/mol. The van der Waals surface area contributed by atoms with Crippen LogP contribution >= 0.6 is 0 Å². The van der Waals surface area contributed by atoms with Crippen LogP contribution in [0.4, 0.5) is 0 Å². The number of ether oxygens (including phenoxy) is 2. The van der Waals surface area contributed by atoms with Crippen LogP contribution in [0.2, 0.25) is 0 Å². The fourth-order valence-electron chi connectivity index (χ4n) is 3.97. The van der Waals surface area contributed by atoms with E-state index in [0.717, 1.165) is 31.4 Å². The molecule has 0 saturated carbocycles. The maximum absolute atomic E-state index is 12.2. The minimum atomic E-state index is -0.585. The molecule has 24 heavy (non-hydrogen) atoms. The SMILES string of the molecule is CCCC1(CC(=O)OCC)OCCc2c1[nH]c1c(CC)cccc21. The highest BCUT2D eigenvalue weighted by molar-refractivity contribution is 5.88. The van der Waals surface area contributed by atoms with Crippen LogP contribution in [0.1, 0.15) is 56.9 Å². The molecule has 0 aliphatic carbocycles. The lowest BCUT2D eigenvalue weighted by atomic mass is 9.84. The Balaban J connectivity index is 2.12. The Bertz CT molecular complexity index is 734. The topological polar surface area (TPSA) is 51.3 Å². The Kier molecular flexibility index (Phi) is 4.95. The molecule has 1 aromatic carbocycles. The molecule has 1 aromatic heterocycles. The molecule has 2 heterocycles. The van der Waals surface area contributed by atoms with Crippen molar-refractivity contribution in [2.75, 3.05) is 13.2 Å². The Morgan fingerprint density at radius 1 is 1.33 bits per heavy atom. The van der Waals surface area contributed by atoms with Gasteiger partial charge in [0.15, 0.2) is 0 Å². The summed E-state index contributed by atoms with van der Waals surface area (Å²) in [5.41, 5.74) is 4.31. The second-order valence-corrected chi connectivity index (χ2v) is 6.50. The van der Waals surface area contributed by atoms with Gasteiger partial charge in [-0.05, 0) is 37.3 Å². The molecule has 0 saturated heterocycles. The highest BCUT2D eigenvalue weighted by Gasteiger charge is 2.42. The first kappa shape index (κ1) is 17.0. The number of fused-ring (bicyclic) bond motifs is 3. The molecule has 0 radical (unpaired) electrons. The summed E-state index contributed by atoms with van der Waals surface area (Å²) >= 11 is 0. The zero-order valence-electron chi connectivity index (χ0n) is 14.9. The highest BCUT2D eigenvalue weighted by atomic mass is 16.5. The van der Waals surface area contributed by atoms with E-state index in [-0.39, 0.29) is 12.4 Å². The van der Waals surface area contributed by atoms with Crippen molar-refractivity contribution in [3.63, 3.8) is 0 Å². The van der Waals surface area contributed by atoms with E-state index in [0.29, 0.717) is 13.2 Å². The molecule has 0 fully saturated rings. The lowest BCUT2D eigenvalue weighted by Crippen LogP contribution is -2.38. The number of nitrogens with one attached hydrogen (secondary N) is 1. The van der Waals surface area contributed by atoms with Crippen LogP contribution in [0.25, 0.3) is 10.9 Å². The smallest absolute Gasteiger partial charge is 0.309 e. The predicted octanol–water partition coefficient (Wildman–Crippen LogP) is 4.25. The molecule has 0 spiro atoms. The number of para-hydroxylation sites is 1. The van der Waals surface area contributed by atoms with Crippen LogP contribution < -0.4 is 0 Å². The fourth-order valence-corrected chi connectivity index (χ4v) is 3.97. The van der Waals surface area contributed by atoms with Gasteiger partial charge in [-0.15, -0.1) is 0 Å². The average Bonchev–Trinajstić information content (AvgIpc) is 2.96. The van der Waals surface area contributed by atoms with E-state index in [1.165, 1.54) is 22.0 Å². The quantitative estimate of drug-likeness (QED) is 0.806. The first-order chi connectivity index (χ1) is 11.6. The molecule has 4 heteroatoms. The largest absolute Gasteiger partial charge is 0.466 e. The van der Waals surface area contributed by atoms with Gasteiger partial charge in [0.2, 0.25) is 0 Å². The van der Waals surface area contributed by atoms with Crippen LogP contribution in [0.15, 0.2) is 18.2 Å². The normalized spacial score (nSPS) is 20.1. The summed E-state index contributed by atoms with van der Waals surface area (Å²) in [6.45, 7) is 7.19. The van der Waals surface area contributed by atoms with E-state index in [1.54, 1.807) is 0 Å². The fraction of sp³-hybridized carbons (Fsp3) is 0.550. The standard InChI is InChI=1S/C20H27NO3/c1-4-11-20(13-17(22)23-6-3)19-16(10-12-24-20)15-9-7-8-14(5-2)18(15)21-19/h7-9,21H,4-6,10-13H2,1-3H3. The molecule has 130 valence electrons. The van der Waals surface area contributed by atoms with Gasteiger partial charge in [-0.1, -0.05) is 38.5 Å². The molecule has 1 N–H and O–H groups in total. The number of H-pyrrole nitrogens is 1. The van der Waals surface area contributed by atoms with Gasteiger partial charge in [-0.2, -0.15) is 0 Å². The molecule has 1 aliphatic heterocycles. The maximum atomic E-state index is 12.2. The molecule has 1 unspecified atom stereocenters. The van der Waals surface area contributed by atoms with E-state index in [9.17, 15) is 4.79 Å². The van der Waals surface area contributed by atoms with Gasteiger partial charge in [-0.25, -0.2) is 0 Å². The van der Waals surface area contributed by atoms with E-state index in [4.69, 9.17) is 9.47 Å². The first-order valence-electron chi connectivity index (χ1n) is 9.07. The van der Waals surface area contributed by atoms with Gasteiger partial charge in [0.25, 0.3) is 0 Å². The zero-order chi connectivity index (χ0) is 17.2. The highest BCUT2D eigenvalue weighted by Crippen LogP contribution is 2.43. The van der Waals surface area contributed by atoms with Crippen molar-refractivity contribution < 1.29 is 14.3 Å². The first-order valence-corrected chi connectivity index (χ1v) is 9.07. The second kappa shape index (κ2) is 6.98. The van der Waals surface area contributed by atoms with Gasteiger partial charge in [-0.3, -0.25) is 4.79 Å². The number of aryl methyl sites for hydroxylation is 1. The summed E-state index contributed by atoms with van der Waals surface area (Å²) in [5.74, 6) is -0.187. The number of aromatic amines is 1. The second-order valence-electron chi connectivity index (χ2n) is 6.50. The molecular formula is C20H27NO3. The van der Waals surface area contributed by atoms with Crippen LogP contribution in [0, 0.1) is 0 Å². The lowest BCUT2D eigenvalue weighted by Gasteiger charge is -2.36. The van der Waals surface area contributed by atoms with Crippen molar-refractivity contribution in [2.24, 2.45) is 0 Å². The molecule has 0 bridgehead atoms. The number of carbonyl (C=O) groups excluding carboxylic acids is 1. The summed E-state index contributed by atoms with van der Waals surface area (Å²) in [7, 11) is 0. The zero-order valence-corrected chi connectivity index (χ0v) is 14.9. The van der Waals surface area contributed by atoms with Crippen LogP contribution in [-0.2, 0) is 32.7 Å². The summed E-state index contributed by atoms with van der Waals surface area (Å²) in [6, 6.07) is 6.46. The van der Waals surface area contributed by atoms with Crippen molar-refractivity contribution in [3.05, 3.63) is 35.0 Å². The van der Waals surface area contributed by atoms with Crippen molar-refractivity contribution >= 4 is 16.9 Å². The number of carbonyl (C=O) groups is 1. The van der Waals surface area contributed by atoms with E-state index in [1.807, 2.05) is 6.92 Å².